The molecule has 0 saturated heterocycles. The van der Waals surface area contributed by atoms with Gasteiger partial charge in [-0.2, -0.15) is 5.10 Å². The van der Waals surface area contributed by atoms with Gasteiger partial charge >= 0.3 is 0 Å². The number of hydrogen-bond acceptors (Lipinski definition) is 1. The van der Waals surface area contributed by atoms with E-state index in [0.717, 1.165) is 12.1 Å². The van der Waals surface area contributed by atoms with Crippen LogP contribution in [-0.4, -0.2) is 9.78 Å². The summed E-state index contributed by atoms with van der Waals surface area (Å²) in [7, 11) is 0. The van der Waals surface area contributed by atoms with Gasteiger partial charge in [-0.15, -0.1) is 0 Å². The number of para-hydroxylation sites is 1. The summed E-state index contributed by atoms with van der Waals surface area (Å²) in [6.45, 7) is 2.06. The summed E-state index contributed by atoms with van der Waals surface area (Å²) in [6.07, 6.45) is 3.52. The van der Waals surface area contributed by atoms with Crippen LogP contribution in [0.5, 0.6) is 0 Å². The number of aromatic nitrogens is 2. The van der Waals surface area contributed by atoms with E-state index in [0.29, 0.717) is 0 Å². The minimum absolute atomic E-state index is 1.11. The Kier molecular flexibility index (Phi) is 1.88. The lowest BCUT2D eigenvalue weighted by Crippen LogP contribution is -2.01. The van der Waals surface area contributed by atoms with Gasteiger partial charge in [-0.3, -0.25) is 0 Å². The van der Waals surface area contributed by atoms with Crippen molar-refractivity contribution in [2.24, 2.45) is 0 Å². The average Bonchev–Trinajstić information content (AvgIpc) is 2.52. The predicted octanol–water partition coefficient (Wildman–Crippen LogP) is 2.67. The van der Waals surface area contributed by atoms with E-state index >= 15 is 0 Å². The van der Waals surface area contributed by atoms with Gasteiger partial charge in [-0.25, -0.2) is 4.68 Å². The van der Waals surface area contributed by atoms with E-state index in [1.807, 2.05) is 0 Å². The van der Waals surface area contributed by atoms with Crippen LogP contribution in [0.25, 0.3) is 5.69 Å². The molecule has 0 unspecified atom stereocenters. The first kappa shape index (κ1) is 8.72. The molecule has 1 aromatic heterocycles. The number of hydrogen-bond donors (Lipinski definition) is 0. The zero-order valence-electron chi connectivity index (χ0n) is 8.90. The molecule has 0 N–H and O–H groups in total. The van der Waals surface area contributed by atoms with Crippen LogP contribution in [0.15, 0.2) is 30.3 Å². The smallest absolute Gasteiger partial charge is 0.0680 e. The van der Waals surface area contributed by atoms with Gasteiger partial charge in [0.15, 0.2) is 0 Å². The maximum Gasteiger partial charge on any atom is 0.0680 e. The van der Waals surface area contributed by atoms with Crippen LogP contribution in [0, 0.1) is 6.92 Å². The molecule has 0 radical (unpaired) electrons. The Labute approximate surface area is 89.5 Å². The van der Waals surface area contributed by atoms with Crippen molar-refractivity contribution in [3.8, 4) is 5.69 Å². The van der Waals surface area contributed by atoms with E-state index in [2.05, 4.69) is 47.0 Å². The molecule has 15 heavy (non-hydrogen) atoms. The van der Waals surface area contributed by atoms with Gasteiger partial charge in [0.05, 0.1) is 11.4 Å². The highest BCUT2D eigenvalue weighted by Gasteiger charge is 2.14. The standard InChI is InChI=1S/C13H14N2/c1-10-9-12-7-4-6-11-5-2-3-8-13(11)15(12)14-10/h2-3,5,8-9H,4,6-7H2,1H3. The minimum Gasteiger partial charge on any atom is -0.237 e. The van der Waals surface area contributed by atoms with Gasteiger partial charge in [0.1, 0.15) is 0 Å². The fourth-order valence-corrected chi connectivity index (χ4v) is 2.33. The Morgan fingerprint density at radius 1 is 1.20 bits per heavy atom. The van der Waals surface area contributed by atoms with E-state index in [9.17, 15) is 0 Å². The normalized spacial score (nSPS) is 14.2. The second-order valence-electron chi connectivity index (χ2n) is 4.17. The fourth-order valence-electron chi connectivity index (χ4n) is 2.33. The summed E-state index contributed by atoms with van der Waals surface area (Å²) in [4.78, 5) is 0. The molecule has 0 saturated carbocycles. The summed E-state index contributed by atoms with van der Waals surface area (Å²) in [5.41, 5.74) is 5.14. The van der Waals surface area contributed by atoms with Crippen molar-refractivity contribution in [3.05, 3.63) is 47.3 Å². The van der Waals surface area contributed by atoms with Gasteiger partial charge in [0.25, 0.3) is 0 Å². The van der Waals surface area contributed by atoms with Crippen LogP contribution in [0.3, 0.4) is 0 Å². The molecular formula is C13H14N2. The number of aryl methyl sites for hydroxylation is 3. The molecule has 0 spiro atoms. The van der Waals surface area contributed by atoms with Crippen molar-refractivity contribution in [1.82, 2.24) is 9.78 Å². The lowest BCUT2D eigenvalue weighted by molar-refractivity contribution is 0.780. The molecule has 0 amide bonds. The van der Waals surface area contributed by atoms with Crippen molar-refractivity contribution in [1.29, 1.82) is 0 Å². The summed E-state index contributed by atoms with van der Waals surface area (Å²) in [5, 5.41) is 4.57. The van der Waals surface area contributed by atoms with Crippen LogP contribution in [0.1, 0.15) is 23.4 Å². The monoisotopic (exact) mass is 198 g/mol. The van der Waals surface area contributed by atoms with Crippen LogP contribution in [0.2, 0.25) is 0 Å². The Balaban J connectivity index is 2.26. The van der Waals surface area contributed by atoms with Crippen LogP contribution >= 0.6 is 0 Å². The largest absolute Gasteiger partial charge is 0.237 e. The Morgan fingerprint density at radius 2 is 2.07 bits per heavy atom. The molecule has 1 aromatic carbocycles. The summed E-state index contributed by atoms with van der Waals surface area (Å²) >= 11 is 0. The van der Waals surface area contributed by atoms with E-state index in [4.69, 9.17) is 0 Å². The number of benzene rings is 1. The molecule has 2 heterocycles. The first-order valence-corrected chi connectivity index (χ1v) is 5.48. The third-order valence-electron chi connectivity index (χ3n) is 3.00. The summed E-state index contributed by atoms with van der Waals surface area (Å²) < 4.78 is 2.11. The topological polar surface area (TPSA) is 17.8 Å². The third kappa shape index (κ3) is 1.37. The highest BCUT2D eigenvalue weighted by molar-refractivity contribution is 5.43. The average molecular weight is 198 g/mol. The molecular weight excluding hydrogens is 184 g/mol. The van der Waals surface area contributed by atoms with Crippen LogP contribution < -0.4 is 0 Å². The first-order valence-electron chi connectivity index (χ1n) is 5.48. The quantitative estimate of drug-likeness (QED) is 0.636. The molecule has 1 aliphatic rings. The Morgan fingerprint density at radius 3 is 3.00 bits per heavy atom. The Bertz CT molecular complexity index is 497. The maximum absolute atomic E-state index is 4.57. The molecule has 0 fully saturated rings. The predicted molar refractivity (Wildman–Crippen MR) is 60.3 cm³/mol. The van der Waals surface area contributed by atoms with E-state index in [-0.39, 0.29) is 0 Å². The Hall–Kier alpha value is -1.57. The van der Waals surface area contributed by atoms with Crippen molar-refractivity contribution >= 4 is 0 Å². The third-order valence-corrected chi connectivity index (χ3v) is 3.00. The molecule has 1 aliphatic heterocycles. The molecule has 0 aliphatic carbocycles. The zero-order chi connectivity index (χ0) is 10.3. The van der Waals surface area contributed by atoms with Gasteiger partial charge < -0.3 is 0 Å². The van der Waals surface area contributed by atoms with Gasteiger partial charge in [0.2, 0.25) is 0 Å². The minimum atomic E-state index is 1.11. The molecule has 76 valence electrons. The molecule has 0 atom stereocenters. The molecule has 0 bridgehead atoms. The van der Waals surface area contributed by atoms with Crippen molar-refractivity contribution < 1.29 is 0 Å². The first-order chi connectivity index (χ1) is 7.34. The van der Waals surface area contributed by atoms with Crippen LogP contribution in [-0.2, 0) is 12.8 Å². The molecule has 3 rings (SSSR count). The van der Waals surface area contributed by atoms with Crippen molar-refractivity contribution in [2.75, 3.05) is 0 Å². The number of rotatable bonds is 0. The summed E-state index contributed by atoms with van der Waals surface area (Å²) in [6, 6.07) is 10.8. The van der Waals surface area contributed by atoms with Crippen LogP contribution in [0.4, 0.5) is 0 Å². The lowest BCUT2D eigenvalue weighted by Gasteiger charge is -2.06. The summed E-state index contributed by atoms with van der Waals surface area (Å²) in [5.74, 6) is 0. The number of nitrogens with zero attached hydrogens (tertiary/aromatic N) is 2. The van der Waals surface area contributed by atoms with Gasteiger partial charge in [-0.1, -0.05) is 18.2 Å². The highest BCUT2D eigenvalue weighted by Crippen LogP contribution is 2.23. The lowest BCUT2D eigenvalue weighted by atomic mass is 10.1. The maximum atomic E-state index is 4.57. The number of fused-ring (bicyclic) bond motifs is 3. The zero-order valence-corrected chi connectivity index (χ0v) is 8.90. The van der Waals surface area contributed by atoms with Gasteiger partial charge in [0, 0.05) is 5.69 Å². The SMILES string of the molecule is Cc1cc2n(n1)-c1ccccc1CCC2. The molecule has 2 heteroatoms. The highest BCUT2D eigenvalue weighted by atomic mass is 15.3. The molecule has 2 nitrogen and oxygen atoms in total. The second kappa shape index (κ2) is 3.23. The van der Waals surface area contributed by atoms with Crippen molar-refractivity contribution in [3.63, 3.8) is 0 Å². The van der Waals surface area contributed by atoms with E-state index < -0.39 is 0 Å². The van der Waals surface area contributed by atoms with E-state index in [1.165, 1.54) is 29.8 Å². The van der Waals surface area contributed by atoms with E-state index in [1.54, 1.807) is 0 Å². The molecule has 2 aromatic rings. The fraction of sp³-hybridized carbons (Fsp3) is 0.308. The van der Waals surface area contributed by atoms with Gasteiger partial charge in [-0.05, 0) is 43.9 Å². The second-order valence-corrected chi connectivity index (χ2v) is 4.17. The van der Waals surface area contributed by atoms with Crippen molar-refractivity contribution in [2.45, 2.75) is 26.2 Å².